The quantitative estimate of drug-likeness (QED) is 0.147. The molecule has 0 aromatic rings. The van der Waals surface area contributed by atoms with Crippen LogP contribution in [0.3, 0.4) is 0 Å². The van der Waals surface area contributed by atoms with Gasteiger partial charge in [-0.2, -0.15) is 0 Å². The van der Waals surface area contributed by atoms with Gasteiger partial charge in [0, 0.05) is 6.42 Å². The fourth-order valence-corrected chi connectivity index (χ4v) is 3.50. The molecule has 2 nitrogen and oxygen atoms in total. The molecule has 0 aliphatic rings. The van der Waals surface area contributed by atoms with Crippen molar-refractivity contribution in [3.8, 4) is 0 Å². The second-order valence-corrected chi connectivity index (χ2v) is 8.20. The molecule has 0 saturated heterocycles. The molecule has 28 heavy (non-hydrogen) atoms. The Balaban J connectivity index is 3.11. The standard InChI is InChI=1S/C26H48O2/c1-2-3-4-5-6-7-8-9-10-11-12-13-14-15-16-17-18-19-20-21-22-23-24-25-26(27)28/h6-7,9-10H,2-5,8,11-25H2,1H3,(H,27,28)/b7-6+,10-9+. The number of allylic oxidation sites excluding steroid dienone is 4. The van der Waals surface area contributed by atoms with Crippen LogP contribution in [0, 0.1) is 0 Å². The lowest BCUT2D eigenvalue weighted by Crippen LogP contribution is -1.93. The summed E-state index contributed by atoms with van der Waals surface area (Å²) in [5.41, 5.74) is 0. The highest BCUT2D eigenvalue weighted by Crippen LogP contribution is 2.13. The molecule has 1 N–H and O–H groups in total. The average Bonchev–Trinajstić information content (AvgIpc) is 2.68. The Labute approximate surface area is 175 Å². The predicted octanol–water partition coefficient (Wildman–Crippen LogP) is 9.01. The number of rotatable bonds is 22. The van der Waals surface area contributed by atoms with Crippen LogP contribution in [0.2, 0.25) is 0 Å². The Kier molecular flexibility index (Phi) is 23.1. The lowest BCUT2D eigenvalue weighted by Gasteiger charge is -2.03. The van der Waals surface area contributed by atoms with Gasteiger partial charge in [-0.05, 0) is 38.5 Å². The molecule has 164 valence electrons. The molecule has 0 rings (SSSR count). The molecule has 0 aliphatic heterocycles. The minimum Gasteiger partial charge on any atom is -0.481 e. The van der Waals surface area contributed by atoms with Crippen molar-refractivity contribution in [3.63, 3.8) is 0 Å². The van der Waals surface area contributed by atoms with E-state index in [0.29, 0.717) is 6.42 Å². The van der Waals surface area contributed by atoms with Crippen molar-refractivity contribution in [1.82, 2.24) is 0 Å². The van der Waals surface area contributed by atoms with Crippen LogP contribution in [0.5, 0.6) is 0 Å². The number of carboxylic acid groups (broad SMARTS) is 1. The third kappa shape index (κ3) is 24.9. The van der Waals surface area contributed by atoms with E-state index in [1.54, 1.807) is 0 Å². The van der Waals surface area contributed by atoms with Gasteiger partial charge in [-0.25, -0.2) is 0 Å². The van der Waals surface area contributed by atoms with Crippen LogP contribution in [-0.4, -0.2) is 11.1 Å². The van der Waals surface area contributed by atoms with Crippen molar-refractivity contribution in [3.05, 3.63) is 24.3 Å². The monoisotopic (exact) mass is 392 g/mol. The molecule has 0 amide bonds. The molecule has 0 aliphatic carbocycles. The summed E-state index contributed by atoms with van der Waals surface area (Å²) < 4.78 is 0. The second-order valence-electron chi connectivity index (χ2n) is 8.20. The van der Waals surface area contributed by atoms with E-state index in [-0.39, 0.29) is 0 Å². The van der Waals surface area contributed by atoms with Crippen LogP contribution < -0.4 is 0 Å². The van der Waals surface area contributed by atoms with Gasteiger partial charge in [0.2, 0.25) is 0 Å². The van der Waals surface area contributed by atoms with E-state index in [2.05, 4.69) is 31.2 Å². The molecule has 0 unspecified atom stereocenters. The second kappa shape index (κ2) is 24.0. The van der Waals surface area contributed by atoms with E-state index in [4.69, 9.17) is 5.11 Å². The van der Waals surface area contributed by atoms with E-state index in [1.165, 1.54) is 103 Å². The summed E-state index contributed by atoms with van der Waals surface area (Å²) >= 11 is 0. The van der Waals surface area contributed by atoms with Gasteiger partial charge in [0.25, 0.3) is 0 Å². The zero-order chi connectivity index (χ0) is 20.5. The van der Waals surface area contributed by atoms with Crippen LogP contribution in [0.1, 0.15) is 135 Å². The molecular weight excluding hydrogens is 344 g/mol. The number of carboxylic acids is 1. The zero-order valence-electron chi connectivity index (χ0n) is 18.8. The van der Waals surface area contributed by atoms with Crippen LogP contribution >= 0.6 is 0 Å². The van der Waals surface area contributed by atoms with Crippen molar-refractivity contribution >= 4 is 5.97 Å². The maximum atomic E-state index is 10.4. The van der Waals surface area contributed by atoms with Gasteiger partial charge >= 0.3 is 5.97 Å². The molecule has 0 fully saturated rings. The summed E-state index contributed by atoms with van der Waals surface area (Å²) in [7, 11) is 0. The summed E-state index contributed by atoms with van der Waals surface area (Å²) in [5, 5.41) is 8.58. The van der Waals surface area contributed by atoms with Crippen LogP contribution in [0.25, 0.3) is 0 Å². The molecule has 2 heteroatoms. The first kappa shape index (κ1) is 27.0. The Bertz CT molecular complexity index is 371. The normalized spacial score (nSPS) is 11.8. The fourth-order valence-electron chi connectivity index (χ4n) is 3.50. The molecule has 0 bridgehead atoms. The first-order valence-electron chi connectivity index (χ1n) is 12.3. The van der Waals surface area contributed by atoms with E-state index in [9.17, 15) is 4.79 Å². The third-order valence-electron chi connectivity index (χ3n) is 5.34. The predicted molar refractivity (Wildman–Crippen MR) is 124 cm³/mol. The van der Waals surface area contributed by atoms with Crippen molar-refractivity contribution in [1.29, 1.82) is 0 Å². The van der Waals surface area contributed by atoms with E-state index >= 15 is 0 Å². The first-order valence-corrected chi connectivity index (χ1v) is 12.3. The highest BCUT2D eigenvalue weighted by molar-refractivity contribution is 5.66. The molecule has 0 aromatic carbocycles. The lowest BCUT2D eigenvalue weighted by atomic mass is 10.0. The Morgan fingerprint density at radius 3 is 1.39 bits per heavy atom. The topological polar surface area (TPSA) is 37.3 Å². The van der Waals surface area contributed by atoms with Crippen LogP contribution in [0.4, 0.5) is 0 Å². The van der Waals surface area contributed by atoms with E-state index in [0.717, 1.165) is 19.3 Å². The summed E-state index contributed by atoms with van der Waals surface area (Å²) in [6, 6.07) is 0. The van der Waals surface area contributed by atoms with Crippen molar-refractivity contribution < 1.29 is 9.90 Å². The number of carbonyl (C=O) groups is 1. The SMILES string of the molecule is CCCCC/C=C/C/C=C/CCCCCCCCCCCCCCCC(=O)O. The average molecular weight is 393 g/mol. The number of unbranched alkanes of at least 4 members (excludes halogenated alkanes) is 16. The molecule has 0 atom stereocenters. The number of aliphatic carboxylic acids is 1. The number of hydrogen-bond donors (Lipinski definition) is 1. The zero-order valence-corrected chi connectivity index (χ0v) is 18.8. The summed E-state index contributed by atoms with van der Waals surface area (Å²) in [5.74, 6) is -0.655. The van der Waals surface area contributed by atoms with Crippen LogP contribution in [-0.2, 0) is 4.79 Å². The lowest BCUT2D eigenvalue weighted by molar-refractivity contribution is -0.137. The highest BCUT2D eigenvalue weighted by atomic mass is 16.4. The van der Waals surface area contributed by atoms with Gasteiger partial charge in [-0.15, -0.1) is 0 Å². The van der Waals surface area contributed by atoms with Gasteiger partial charge < -0.3 is 5.11 Å². The van der Waals surface area contributed by atoms with Gasteiger partial charge in [0.15, 0.2) is 0 Å². The minimum absolute atomic E-state index is 0.340. The van der Waals surface area contributed by atoms with Crippen LogP contribution in [0.15, 0.2) is 24.3 Å². The maximum absolute atomic E-state index is 10.4. The van der Waals surface area contributed by atoms with Crippen molar-refractivity contribution in [2.24, 2.45) is 0 Å². The molecule has 0 radical (unpaired) electrons. The van der Waals surface area contributed by atoms with Gasteiger partial charge in [0.05, 0.1) is 0 Å². The fraction of sp³-hybridized carbons (Fsp3) is 0.808. The summed E-state index contributed by atoms with van der Waals surface area (Å²) in [6.45, 7) is 2.26. The summed E-state index contributed by atoms with van der Waals surface area (Å²) in [6.07, 6.45) is 34.1. The Morgan fingerprint density at radius 2 is 0.964 bits per heavy atom. The minimum atomic E-state index is -0.655. The molecule has 0 heterocycles. The molecule has 0 spiro atoms. The largest absolute Gasteiger partial charge is 0.481 e. The van der Waals surface area contributed by atoms with E-state index < -0.39 is 5.97 Å². The maximum Gasteiger partial charge on any atom is 0.303 e. The molecule has 0 aromatic heterocycles. The highest BCUT2D eigenvalue weighted by Gasteiger charge is 1.97. The first-order chi connectivity index (χ1) is 13.8. The molecular formula is C26H48O2. The van der Waals surface area contributed by atoms with E-state index in [1.807, 2.05) is 0 Å². The number of hydrogen-bond acceptors (Lipinski definition) is 1. The van der Waals surface area contributed by atoms with Gasteiger partial charge in [-0.3, -0.25) is 4.79 Å². The van der Waals surface area contributed by atoms with Gasteiger partial charge in [0.1, 0.15) is 0 Å². The Hall–Kier alpha value is -1.05. The third-order valence-corrected chi connectivity index (χ3v) is 5.34. The molecule has 0 saturated carbocycles. The van der Waals surface area contributed by atoms with Crippen molar-refractivity contribution in [2.75, 3.05) is 0 Å². The van der Waals surface area contributed by atoms with Gasteiger partial charge in [-0.1, -0.05) is 115 Å². The van der Waals surface area contributed by atoms with Crippen molar-refractivity contribution in [2.45, 2.75) is 135 Å². The summed E-state index contributed by atoms with van der Waals surface area (Å²) in [4.78, 5) is 10.4. The smallest absolute Gasteiger partial charge is 0.303 e. The Morgan fingerprint density at radius 1 is 0.571 bits per heavy atom.